The number of anilines is 1. The van der Waals surface area contributed by atoms with E-state index >= 15 is 0 Å². The van der Waals surface area contributed by atoms with Gasteiger partial charge in [-0.05, 0) is 50.6 Å². The fraction of sp³-hybridized carbons (Fsp3) is 0.476. The average Bonchev–Trinajstić information content (AvgIpc) is 3.27. The van der Waals surface area contributed by atoms with Gasteiger partial charge in [-0.1, -0.05) is 18.6 Å². The molecular formula is C21H28N4O4. The summed E-state index contributed by atoms with van der Waals surface area (Å²) < 4.78 is 5.60. The summed E-state index contributed by atoms with van der Waals surface area (Å²) in [4.78, 5) is 25.3. The molecule has 0 aliphatic carbocycles. The van der Waals surface area contributed by atoms with Crippen molar-refractivity contribution >= 4 is 17.3 Å². The number of likely N-dealkylation sites (tertiary alicyclic amines) is 1. The van der Waals surface area contributed by atoms with E-state index in [0.717, 1.165) is 18.8 Å². The highest BCUT2D eigenvalue weighted by molar-refractivity contribution is 5.76. The fourth-order valence-corrected chi connectivity index (χ4v) is 3.67. The summed E-state index contributed by atoms with van der Waals surface area (Å²) in [7, 11) is 0. The third-order valence-corrected chi connectivity index (χ3v) is 5.19. The first-order valence-corrected chi connectivity index (χ1v) is 10.2. The zero-order valence-electron chi connectivity index (χ0n) is 16.5. The number of hydrogen-bond acceptors (Lipinski definition) is 6. The van der Waals surface area contributed by atoms with Gasteiger partial charge in [0.15, 0.2) is 0 Å². The fourth-order valence-electron chi connectivity index (χ4n) is 3.67. The van der Waals surface area contributed by atoms with E-state index in [-0.39, 0.29) is 17.6 Å². The Morgan fingerprint density at radius 3 is 2.69 bits per heavy atom. The first-order chi connectivity index (χ1) is 14.1. The topological polar surface area (TPSA) is 101 Å². The van der Waals surface area contributed by atoms with Crippen molar-refractivity contribution in [1.29, 1.82) is 0 Å². The van der Waals surface area contributed by atoms with Crippen LogP contribution in [0.5, 0.6) is 0 Å². The number of nitro groups is 1. The molecule has 1 fully saturated rings. The van der Waals surface area contributed by atoms with Crippen LogP contribution in [-0.2, 0) is 4.79 Å². The number of para-hydroxylation sites is 2. The Labute approximate surface area is 170 Å². The minimum absolute atomic E-state index is 0.0251. The number of nitro benzene ring substituents is 1. The van der Waals surface area contributed by atoms with Gasteiger partial charge in [-0.3, -0.25) is 19.8 Å². The lowest BCUT2D eigenvalue weighted by molar-refractivity contribution is -0.384. The van der Waals surface area contributed by atoms with Gasteiger partial charge in [0.25, 0.3) is 5.69 Å². The summed E-state index contributed by atoms with van der Waals surface area (Å²) >= 11 is 0. The van der Waals surface area contributed by atoms with Crippen molar-refractivity contribution in [2.75, 3.05) is 31.5 Å². The van der Waals surface area contributed by atoms with Gasteiger partial charge in [0.05, 0.1) is 17.2 Å². The van der Waals surface area contributed by atoms with Crippen molar-refractivity contribution in [2.24, 2.45) is 0 Å². The number of nitrogens with zero attached hydrogens (tertiary/aromatic N) is 2. The molecule has 1 aliphatic heterocycles. The molecule has 2 aromatic rings. The Balaban J connectivity index is 1.43. The smallest absolute Gasteiger partial charge is 0.292 e. The lowest BCUT2D eigenvalue weighted by Crippen LogP contribution is -2.40. The van der Waals surface area contributed by atoms with E-state index in [1.807, 2.05) is 12.1 Å². The van der Waals surface area contributed by atoms with E-state index in [1.54, 1.807) is 24.5 Å². The van der Waals surface area contributed by atoms with Crippen molar-refractivity contribution in [3.63, 3.8) is 0 Å². The van der Waals surface area contributed by atoms with Crippen LogP contribution < -0.4 is 10.6 Å². The molecule has 1 amide bonds. The molecule has 0 bridgehead atoms. The van der Waals surface area contributed by atoms with Crippen LogP contribution in [0.25, 0.3) is 0 Å². The molecule has 1 unspecified atom stereocenters. The highest BCUT2D eigenvalue weighted by Gasteiger charge is 2.24. The summed E-state index contributed by atoms with van der Waals surface area (Å²) in [6, 6.07) is 10.4. The molecule has 156 valence electrons. The minimum Gasteiger partial charge on any atom is -0.468 e. The summed E-state index contributed by atoms with van der Waals surface area (Å²) in [5.74, 6) is 0.855. The van der Waals surface area contributed by atoms with Gasteiger partial charge in [-0.25, -0.2) is 0 Å². The maximum atomic E-state index is 12.3. The lowest BCUT2D eigenvalue weighted by Gasteiger charge is -2.33. The van der Waals surface area contributed by atoms with Crippen LogP contribution in [0.1, 0.15) is 43.9 Å². The summed E-state index contributed by atoms with van der Waals surface area (Å²) in [5.41, 5.74) is 0.515. The van der Waals surface area contributed by atoms with E-state index in [0.29, 0.717) is 31.6 Å². The molecule has 0 spiro atoms. The highest BCUT2D eigenvalue weighted by atomic mass is 16.6. The number of hydrogen-bond donors (Lipinski definition) is 2. The largest absolute Gasteiger partial charge is 0.468 e. The van der Waals surface area contributed by atoms with E-state index in [1.165, 1.54) is 25.3 Å². The molecule has 2 heterocycles. The van der Waals surface area contributed by atoms with Gasteiger partial charge in [-0.2, -0.15) is 0 Å². The summed E-state index contributed by atoms with van der Waals surface area (Å²) in [6.07, 6.45) is 6.21. The maximum absolute atomic E-state index is 12.3. The molecule has 8 heteroatoms. The van der Waals surface area contributed by atoms with Crippen LogP contribution in [0.4, 0.5) is 11.4 Å². The second-order valence-electron chi connectivity index (χ2n) is 7.24. The number of rotatable bonds is 10. The number of furan rings is 1. The van der Waals surface area contributed by atoms with Crippen molar-refractivity contribution < 1.29 is 14.1 Å². The SMILES string of the molecule is O=C(CCCNc1ccccc1[N+](=O)[O-])NCC(c1ccco1)N1CCCCC1. The number of nitrogens with one attached hydrogen (secondary N) is 2. The number of amides is 1. The molecule has 1 atom stereocenters. The molecule has 0 saturated carbocycles. The Morgan fingerprint density at radius 1 is 1.17 bits per heavy atom. The highest BCUT2D eigenvalue weighted by Crippen LogP contribution is 2.25. The van der Waals surface area contributed by atoms with Gasteiger partial charge >= 0.3 is 0 Å². The summed E-state index contributed by atoms with van der Waals surface area (Å²) in [5, 5.41) is 17.1. The van der Waals surface area contributed by atoms with Gasteiger partial charge in [0.1, 0.15) is 11.4 Å². The second kappa shape index (κ2) is 10.6. The Morgan fingerprint density at radius 2 is 1.97 bits per heavy atom. The Kier molecular flexibility index (Phi) is 7.63. The number of benzene rings is 1. The number of carbonyl (C=O) groups is 1. The average molecular weight is 400 g/mol. The van der Waals surface area contributed by atoms with Crippen LogP contribution >= 0.6 is 0 Å². The molecule has 1 aliphatic rings. The van der Waals surface area contributed by atoms with Crippen LogP contribution in [0, 0.1) is 10.1 Å². The number of carbonyl (C=O) groups excluding carboxylic acids is 1. The normalized spacial score (nSPS) is 15.6. The quantitative estimate of drug-likeness (QED) is 0.358. The first kappa shape index (κ1) is 20.9. The van der Waals surface area contributed by atoms with Crippen LogP contribution in [0.3, 0.4) is 0 Å². The lowest BCUT2D eigenvalue weighted by atomic mass is 10.1. The second-order valence-corrected chi connectivity index (χ2v) is 7.24. The zero-order chi connectivity index (χ0) is 20.5. The van der Waals surface area contributed by atoms with E-state index in [2.05, 4.69) is 15.5 Å². The monoisotopic (exact) mass is 400 g/mol. The van der Waals surface area contributed by atoms with Crippen LogP contribution in [0.2, 0.25) is 0 Å². The predicted molar refractivity (Wildman–Crippen MR) is 111 cm³/mol. The van der Waals surface area contributed by atoms with Gasteiger partial charge in [0.2, 0.25) is 5.91 Å². The van der Waals surface area contributed by atoms with Crippen molar-refractivity contribution in [3.8, 4) is 0 Å². The van der Waals surface area contributed by atoms with Gasteiger partial charge in [0, 0.05) is 25.6 Å². The Hall–Kier alpha value is -2.87. The van der Waals surface area contributed by atoms with E-state index in [9.17, 15) is 14.9 Å². The van der Waals surface area contributed by atoms with E-state index in [4.69, 9.17) is 4.42 Å². The van der Waals surface area contributed by atoms with Crippen molar-refractivity contribution in [3.05, 3.63) is 58.5 Å². The molecule has 1 aromatic heterocycles. The van der Waals surface area contributed by atoms with Crippen molar-refractivity contribution in [2.45, 2.75) is 38.1 Å². The standard InChI is InChI=1S/C21H28N4O4/c26-21(11-6-12-22-17-8-2-3-9-18(17)25(27)28)23-16-19(20-10-7-15-29-20)24-13-4-1-5-14-24/h2-3,7-10,15,19,22H,1,4-6,11-14,16H2,(H,23,26). The third-order valence-electron chi connectivity index (χ3n) is 5.19. The third kappa shape index (κ3) is 6.05. The first-order valence-electron chi connectivity index (χ1n) is 10.2. The molecule has 3 rings (SSSR count). The molecule has 2 N–H and O–H groups in total. The molecule has 1 aromatic carbocycles. The number of piperidine rings is 1. The molecule has 29 heavy (non-hydrogen) atoms. The molecule has 1 saturated heterocycles. The Bertz CT molecular complexity index is 788. The molecule has 8 nitrogen and oxygen atoms in total. The van der Waals surface area contributed by atoms with Gasteiger partial charge in [-0.15, -0.1) is 0 Å². The van der Waals surface area contributed by atoms with E-state index < -0.39 is 4.92 Å². The predicted octanol–water partition coefficient (Wildman–Crippen LogP) is 3.72. The van der Waals surface area contributed by atoms with Crippen LogP contribution in [-0.4, -0.2) is 41.9 Å². The minimum atomic E-state index is -0.412. The zero-order valence-corrected chi connectivity index (χ0v) is 16.5. The van der Waals surface area contributed by atoms with Crippen molar-refractivity contribution in [1.82, 2.24) is 10.2 Å². The van der Waals surface area contributed by atoms with Crippen LogP contribution in [0.15, 0.2) is 47.1 Å². The summed E-state index contributed by atoms with van der Waals surface area (Å²) in [6.45, 7) is 3.04. The maximum Gasteiger partial charge on any atom is 0.292 e. The molecule has 0 radical (unpaired) electrons. The van der Waals surface area contributed by atoms with Gasteiger partial charge < -0.3 is 15.1 Å². The molecular weight excluding hydrogens is 372 g/mol.